The third kappa shape index (κ3) is 3.54. The molecule has 0 unspecified atom stereocenters. The Labute approximate surface area is 155 Å². The van der Waals surface area contributed by atoms with E-state index in [4.69, 9.17) is 16.7 Å². The molecule has 2 N–H and O–H groups in total. The van der Waals surface area contributed by atoms with Crippen LogP contribution in [-0.4, -0.2) is 39.7 Å². The molecule has 138 valence electrons. The Morgan fingerprint density at radius 1 is 1.35 bits per heavy atom. The molecule has 0 bridgehead atoms. The van der Waals surface area contributed by atoms with Crippen LogP contribution in [0.25, 0.3) is 16.7 Å². The van der Waals surface area contributed by atoms with Crippen LogP contribution < -0.4 is 4.72 Å². The number of carboxylic acid groups (broad SMARTS) is 1. The first-order valence-corrected chi connectivity index (χ1v) is 9.74. The van der Waals surface area contributed by atoms with Crippen LogP contribution in [0.3, 0.4) is 0 Å². The number of rotatable bonds is 5. The normalized spacial score (nSPS) is 11.8. The van der Waals surface area contributed by atoms with Crippen molar-refractivity contribution in [1.29, 1.82) is 0 Å². The van der Waals surface area contributed by atoms with Crippen LogP contribution >= 0.6 is 11.6 Å². The molecule has 0 aliphatic carbocycles. The van der Waals surface area contributed by atoms with E-state index in [2.05, 4.69) is 5.10 Å². The molecule has 0 radical (unpaired) electrons. The van der Waals surface area contributed by atoms with Gasteiger partial charge in [0.2, 0.25) is 10.0 Å². The highest BCUT2D eigenvalue weighted by molar-refractivity contribution is 7.90. The Morgan fingerprint density at radius 3 is 2.77 bits per heavy atom. The Kier molecular flexibility index (Phi) is 4.68. The highest BCUT2D eigenvalue weighted by Gasteiger charge is 2.20. The lowest BCUT2D eigenvalue weighted by atomic mass is 10.2. The molecule has 0 spiro atoms. The SMILES string of the molecule is Cc1nn(C)c(-n2ccc3cc(Cl)ccc32)c1CCS(=O)(=O)NC(=O)O. The topological polar surface area (TPSA) is 106 Å². The molecule has 0 aliphatic heterocycles. The Balaban J connectivity index is 2.02. The van der Waals surface area contributed by atoms with Gasteiger partial charge in [-0.1, -0.05) is 11.6 Å². The van der Waals surface area contributed by atoms with Gasteiger partial charge in [-0.3, -0.25) is 4.68 Å². The lowest BCUT2D eigenvalue weighted by Gasteiger charge is -2.10. The predicted octanol–water partition coefficient (Wildman–Crippen LogP) is 2.47. The van der Waals surface area contributed by atoms with E-state index in [0.29, 0.717) is 10.7 Å². The minimum atomic E-state index is -3.93. The third-order valence-corrected chi connectivity index (χ3v) is 5.52. The van der Waals surface area contributed by atoms with Gasteiger partial charge in [0.15, 0.2) is 0 Å². The maximum atomic E-state index is 11.8. The number of halogens is 1. The van der Waals surface area contributed by atoms with Gasteiger partial charge < -0.3 is 9.67 Å². The summed E-state index contributed by atoms with van der Waals surface area (Å²) in [6.45, 7) is 1.79. The van der Waals surface area contributed by atoms with Crippen LogP contribution in [-0.2, 0) is 23.5 Å². The van der Waals surface area contributed by atoms with Crippen LogP contribution in [0, 0.1) is 6.92 Å². The zero-order valence-electron chi connectivity index (χ0n) is 14.1. The van der Waals surface area contributed by atoms with E-state index < -0.39 is 16.1 Å². The van der Waals surface area contributed by atoms with Crippen molar-refractivity contribution in [1.82, 2.24) is 19.1 Å². The first kappa shape index (κ1) is 18.3. The average Bonchev–Trinajstić information content (AvgIpc) is 3.03. The number of hydrogen-bond acceptors (Lipinski definition) is 4. The molecule has 0 aliphatic rings. The number of aromatic nitrogens is 3. The van der Waals surface area contributed by atoms with E-state index in [0.717, 1.165) is 22.3 Å². The fourth-order valence-corrected chi connectivity index (χ4v) is 4.02. The summed E-state index contributed by atoms with van der Waals surface area (Å²) in [6, 6.07) is 7.42. The largest absolute Gasteiger partial charge is 0.464 e. The second-order valence-corrected chi connectivity index (χ2v) is 8.15. The molecular weight excluding hydrogens is 380 g/mol. The standard InChI is InChI=1S/C16H17ClN4O4S/c1-10-13(6-8-26(24,25)19-16(22)23)15(20(2)18-10)21-7-5-11-9-12(17)3-4-14(11)21/h3-5,7,9,19H,6,8H2,1-2H3,(H,22,23). The predicted molar refractivity (Wildman–Crippen MR) is 98.4 cm³/mol. The number of sulfonamides is 1. The summed E-state index contributed by atoms with van der Waals surface area (Å²) >= 11 is 6.03. The van der Waals surface area contributed by atoms with Gasteiger partial charge in [-0.05, 0) is 37.6 Å². The monoisotopic (exact) mass is 396 g/mol. The van der Waals surface area contributed by atoms with E-state index in [-0.39, 0.29) is 12.2 Å². The Hall–Kier alpha value is -2.52. The lowest BCUT2D eigenvalue weighted by molar-refractivity contribution is 0.201. The van der Waals surface area contributed by atoms with Crippen LogP contribution in [0.1, 0.15) is 11.3 Å². The van der Waals surface area contributed by atoms with E-state index in [1.165, 1.54) is 0 Å². The minimum absolute atomic E-state index is 0.130. The highest BCUT2D eigenvalue weighted by atomic mass is 35.5. The molecule has 0 atom stereocenters. The van der Waals surface area contributed by atoms with Crippen LogP contribution in [0.15, 0.2) is 30.5 Å². The van der Waals surface area contributed by atoms with Crippen LogP contribution in [0.2, 0.25) is 5.02 Å². The molecule has 1 amide bonds. The smallest absolute Gasteiger partial charge is 0.418 e. The number of nitrogens with zero attached hydrogens (tertiary/aromatic N) is 3. The summed E-state index contributed by atoms with van der Waals surface area (Å²) in [4.78, 5) is 10.6. The zero-order chi connectivity index (χ0) is 19.1. The van der Waals surface area contributed by atoms with Gasteiger partial charge >= 0.3 is 6.09 Å². The van der Waals surface area contributed by atoms with E-state index in [9.17, 15) is 13.2 Å². The van der Waals surface area contributed by atoms with Gasteiger partial charge in [-0.25, -0.2) is 17.9 Å². The van der Waals surface area contributed by atoms with Crippen molar-refractivity contribution in [2.45, 2.75) is 13.3 Å². The summed E-state index contributed by atoms with van der Waals surface area (Å²) in [5, 5.41) is 14.6. The molecule has 10 heteroatoms. The van der Waals surface area contributed by atoms with Crippen LogP contribution in [0.4, 0.5) is 4.79 Å². The van der Waals surface area contributed by atoms with Gasteiger partial charge in [0.1, 0.15) is 5.82 Å². The second kappa shape index (κ2) is 6.65. The minimum Gasteiger partial charge on any atom is -0.464 e. The number of amides is 1. The third-order valence-electron chi connectivity index (χ3n) is 4.06. The highest BCUT2D eigenvalue weighted by Crippen LogP contribution is 2.27. The van der Waals surface area contributed by atoms with Gasteiger partial charge in [0, 0.05) is 29.2 Å². The van der Waals surface area contributed by atoms with Crippen LogP contribution in [0.5, 0.6) is 0 Å². The molecule has 3 rings (SSSR count). The van der Waals surface area contributed by atoms with Crippen molar-refractivity contribution in [3.05, 3.63) is 46.7 Å². The number of fused-ring (bicyclic) bond motifs is 1. The summed E-state index contributed by atoms with van der Waals surface area (Å²) < 4.78 is 28.8. The molecule has 2 aromatic heterocycles. The summed E-state index contributed by atoms with van der Waals surface area (Å²) in [5.74, 6) is 0.370. The maximum Gasteiger partial charge on any atom is 0.418 e. The Morgan fingerprint density at radius 2 is 2.08 bits per heavy atom. The van der Waals surface area contributed by atoms with Gasteiger partial charge in [0.25, 0.3) is 0 Å². The lowest BCUT2D eigenvalue weighted by Crippen LogP contribution is -2.31. The van der Waals surface area contributed by atoms with Crippen molar-refractivity contribution < 1.29 is 18.3 Å². The molecular formula is C16H17ClN4O4S. The fraction of sp³-hybridized carbons (Fsp3) is 0.250. The zero-order valence-corrected chi connectivity index (χ0v) is 15.7. The first-order valence-electron chi connectivity index (χ1n) is 7.71. The number of carbonyl (C=O) groups is 1. The molecule has 26 heavy (non-hydrogen) atoms. The molecule has 0 saturated carbocycles. The van der Waals surface area contributed by atoms with E-state index >= 15 is 0 Å². The second-order valence-electron chi connectivity index (χ2n) is 5.88. The number of aryl methyl sites for hydroxylation is 2. The van der Waals surface area contributed by atoms with E-state index in [1.54, 1.807) is 29.4 Å². The molecule has 3 aromatic rings. The molecule has 0 fully saturated rings. The maximum absolute atomic E-state index is 11.8. The average molecular weight is 397 g/mol. The fourth-order valence-electron chi connectivity index (χ4n) is 3.00. The summed E-state index contributed by atoms with van der Waals surface area (Å²) in [7, 11) is -2.16. The van der Waals surface area contributed by atoms with Crippen molar-refractivity contribution in [2.24, 2.45) is 7.05 Å². The molecule has 1 aromatic carbocycles. The first-order chi connectivity index (χ1) is 12.2. The summed E-state index contributed by atoms with van der Waals surface area (Å²) in [6.07, 6.45) is 0.400. The van der Waals surface area contributed by atoms with Gasteiger partial charge in [-0.15, -0.1) is 0 Å². The van der Waals surface area contributed by atoms with Crippen molar-refractivity contribution in [3.63, 3.8) is 0 Å². The van der Waals surface area contributed by atoms with Gasteiger partial charge in [0.05, 0.1) is 17.0 Å². The number of benzene rings is 1. The molecule has 0 saturated heterocycles. The van der Waals surface area contributed by atoms with E-state index in [1.807, 2.05) is 29.0 Å². The van der Waals surface area contributed by atoms with Crippen molar-refractivity contribution >= 4 is 38.6 Å². The van der Waals surface area contributed by atoms with Gasteiger partial charge in [-0.2, -0.15) is 5.10 Å². The Bertz CT molecular complexity index is 1100. The summed E-state index contributed by atoms with van der Waals surface area (Å²) in [5.41, 5.74) is 2.32. The quantitative estimate of drug-likeness (QED) is 0.689. The van der Waals surface area contributed by atoms with Crippen molar-refractivity contribution in [3.8, 4) is 5.82 Å². The number of nitrogens with one attached hydrogen (secondary N) is 1. The molecule has 2 heterocycles. The van der Waals surface area contributed by atoms with Crippen molar-refractivity contribution in [2.75, 3.05) is 5.75 Å². The number of hydrogen-bond donors (Lipinski definition) is 2. The molecule has 8 nitrogen and oxygen atoms in total.